The van der Waals surface area contributed by atoms with Crippen molar-refractivity contribution < 1.29 is 19.4 Å². The van der Waals surface area contributed by atoms with E-state index in [4.69, 9.17) is 31.9 Å². The minimum absolute atomic E-state index is 0.0102. The summed E-state index contributed by atoms with van der Waals surface area (Å²) in [5, 5.41) is 9.69. The van der Waals surface area contributed by atoms with Crippen LogP contribution in [0.2, 0.25) is 5.02 Å². The molecule has 0 aliphatic carbocycles. The number of carbonyl (C=O) groups is 1. The van der Waals surface area contributed by atoms with Crippen LogP contribution in [0.15, 0.2) is 36.4 Å². The molecule has 0 fully saturated rings. The molecule has 110 valence electrons. The number of halogens is 1. The molecular weight excluding hydrogens is 294 g/mol. The monoisotopic (exact) mass is 307 g/mol. The Hall–Kier alpha value is -2.40. The van der Waals surface area contributed by atoms with Crippen LogP contribution in [-0.2, 0) is 6.61 Å². The summed E-state index contributed by atoms with van der Waals surface area (Å²) < 4.78 is 10.8. The van der Waals surface area contributed by atoms with Crippen molar-refractivity contribution in [1.29, 1.82) is 0 Å². The number of nitrogen functional groups attached to an aromatic ring is 1. The third kappa shape index (κ3) is 3.38. The second-order valence-electron chi connectivity index (χ2n) is 4.27. The van der Waals surface area contributed by atoms with E-state index in [1.807, 2.05) is 0 Å². The van der Waals surface area contributed by atoms with Crippen molar-refractivity contribution in [3.63, 3.8) is 0 Å². The summed E-state index contributed by atoms with van der Waals surface area (Å²) >= 11 is 5.94. The molecule has 3 N–H and O–H groups in total. The molecule has 0 amide bonds. The Balaban J connectivity index is 2.28. The van der Waals surface area contributed by atoms with Crippen LogP contribution in [-0.4, -0.2) is 18.2 Å². The van der Waals surface area contributed by atoms with Gasteiger partial charge in [0.15, 0.2) is 5.75 Å². The van der Waals surface area contributed by atoms with E-state index in [0.717, 1.165) is 0 Å². The number of anilines is 1. The average molecular weight is 308 g/mol. The van der Waals surface area contributed by atoms with Gasteiger partial charge in [-0.25, -0.2) is 4.79 Å². The number of nitrogens with two attached hydrogens (primary N) is 1. The fraction of sp³-hybridized carbons (Fsp3) is 0.133. The van der Waals surface area contributed by atoms with Gasteiger partial charge in [0.2, 0.25) is 0 Å². The third-order valence-corrected chi connectivity index (χ3v) is 3.13. The SMILES string of the molecule is COc1ccc(Cl)cc1COc1c(N)cccc1C(=O)O. The molecule has 0 saturated carbocycles. The molecule has 2 rings (SSSR count). The zero-order chi connectivity index (χ0) is 15.4. The number of hydrogen-bond donors (Lipinski definition) is 2. The molecule has 0 aromatic heterocycles. The van der Waals surface area contributed by atoms with Gasteiger partial charge in [-0.15, -0.1) is 0 Å². The van der Waals surface area contributed by atoms with E-state index in [0.29, 0.717) is 16.3 Å². The van der Waals surface area contributed by atoms with E-state index in [2.05, 4.69) is 0 Å². The average Bonchev–Trinajstić information content (AvgIpc) is 2.45. The summed E-state index contributed by atoms with van der Waals surface area (Å²) in [6.07, 6.45) is 0. The maximum atomic E-state index is 11.2. The van der Waals surface area contributed by atoms with E-state index in [1.54, 1.807) is 30.3 Å². The Kier molecular flexibility index (Phi) is 4.55. The van der Waals surface area contributed by atoms with Gasteiger partial charge >= 0.3 is 5.97 Å². The van der Waals surface area contributed by atoms with Gasteiger partial charge in [-0.1, -0.05) is 17.7 Å². The first-order valence-corrected chi connectivity index (χ1v) is 6.47. The van der Waals surface area contributed by atoms with Crippen LogP contribution >= 0.6 is 11.6 Å². The first-order chi connectivity index (χ1) is 10.0. The van der Waals surface area contributed by atoms with Crippen molar-refractivity contribution in [2.24, 2.45) is 0 Å². The number of carboxylic acid groups (broad SMARTS) is 1. The lowest BCUT2D eigenvalue weighted by Crippen LogP contribution is -2.06. The van der Waals surface area contributed by atoms with Crippen LogP contribution in [0, 0.1) is 0 Å². The number of rotatable bonds is 5. The van der Waals surface area contributed by atoms with Crippen LogP contribution in [0.4, 0.5) is 5.69 Å². The topological polar surface area (TPSA) is 81.8 Å². The zero-order valence-electron chi connectivity index (χ0n) is 11.3. The van der Waals surface area contributed by atoms with Crippen molar-refractivity contribution in [3.8, 4) is 11.5 Å². The van der Waals surface area contributed by atoms with Crippen LogP contribution in [0.25, 0.3) is 0 Å². The molecule has 21 heavy (non-hydrogen) atoms. The van der Waals surface area contributed by atoms with Gasteiger partial charge in [-0.05, 0) is 30.3 Å². The Labute approximate surface area is 126 Å². The molecular formula is C15H14ClNO4. The third-order valence-electron chi connectivity index (χ3n) is 2.89. The summed E-state index contributed by atoms with van der Waals surface area (Å²) in [6, 6.07) is 9.68. The molecule has 0 radical (unpaired) electrons. The highest BCUT2D eigenvalue weighted by atomic mass is 35.5. The highest BCUT2D eigenvalue weighted by molar-refractivity contribution is 6.30. The summed E-state index contributed by atoms with van der Waals surface area (Å²) in [6.45, 7) is 0.0955. The van der Waals surface area contributed by atoms with Crippen molar-refractivity contribution >= 4 is 23.3 Å². The summed E-state index contributed by atoms with van der Waals surface area (Å²) in [5.41, 5.74) is 6.75. The molecule has 0 atom stereocenters. The maximum absolute atomic E-state index is 11.2. The predicted octanol–water partition coefficient (Wildman–Crippen LogP) is 3.21. The van der Waals surface area contributed by atoms with Crippen molar-refractivity contribution in [3.05, 3.63) is 52.5 Å². The zero-order valence-corrected chi connectivity index (χ0v) is 12.1. The quantitative estimate of drug-likeness (QED) is 0.829. The van der Waals surface area contributed by atoms with Crippen molar-refractivity contribution in [2.75, 3.05) is 12.8 Å². The Bertz CT molecular complexity index is 673. The number of ether oxygens (including phenoxy) is 2. The van der Waals surface area contributed by atoms with E-state index in [9.17, 15) is 4.79 Å². The summed E-state index contributed by atoms with van der Waals surface area (Å²) in [7, 11) is 1.53. The highest BCUT2D eigenvalue weighted by Crippen LogP contribution is 2.29. The molecule has 2 aromatic rings. The first kappa shape index (κ1) is 15.0. The predicted molar refractivity (Wildman–Crippen MR) is 80.1 cm³/mol. The van der Waals surface area contributed by atoms with E-state index in [-0.39, 0.29) is 23.6 Å². The fourth-order valence-corrected chi connectivity index (χ4v) is 2.09. The largest absolute Gasteiger partial charge is 0.496 e. The molecule has 0 heterocycles. The van der Waals surface area contributed by atoms with Gasteiger partial charge in [0.25, 0.3) is 0 Å². The summed E-state index contributed by atoms with van der Waals surface area (Å²) in [4.78, 5) is 11.2. The minimum Gasteiger partial charge on any atom is -0.496 e. The molecule has 2 aromatic carbocycles. The Morgan fingerprint density at radius 2 is 2.10 bits per heavy atom. The number of benzene rings is 2. The molecule has 0 bridgehead atoms. The Morgan fingerprint density at radius 3 is 2.76 bits per heavy atom. The van der Waals surface area contributed by atoms with Gasteiger partial charge in [0.1, 0.15) is 17.9 Å². The van der Waals surface area contributed by atoms with Crippen LogP contribution in [0.5, 0.6) is 11.5 Å². The molecule has 6 heteroatoms. The normalized spacial score (nSPS) is 10.2. The molecule has 0 unspecified atom stereocenters. The van der Waals surface area contributed by atoms with Crippen molar-refractivity contribution in [1.82, 2.24) is 0 Å². The second kappa shape index (κ2) is 6.37. The van der Waals surface area contributed by atoms with Gasteiger partial charge in [-0.2, -0.15) is 0 Å². The highest BCUT2D eigenvalue weighted by Gasteiger charge is 2.15. The smallest absolute Gasteiger partial charge is 0.339 e. The van der Waals surface area contributed by atoms with Crippen LogP contribution in [0.3, 0.4) is 0 Å². The number of aromatic carboxylic acids is 1. The van der Waals surface area contributed by atoms with Crippen LogP contribution < -0.4 is 15.2 Å². The maximum Gasteiger partial charge on any atom is 0.339 e. The van der Waals surface area contributed by atoms with E-state index in [1.165, 1.54) is 13.2 Å². The van der Waals surface area contributed by atoms with E-state index < -0.39 is 5.97 Å². The lowest BCUT2D eigenvalue weighted by molar-refractivity contribution is 0.0692. The van der Waals surface area contributed by atoms with Gasteiger partial charge in [0.05, 0.1) is 12.8 Å². The fourth-order valence-electron chi connectivity index (χ4n) is 1.89. The molecule has 0 saturated heterocycles. The summed E-state index contributed by atoms with van der Waals surface area (Å²) in [5.74, 6) is -0.367. The van der Waals surface area contributed by atoms with Crippen molar-refractivity contribution in [2.45, 2.75) is 6.61 Å². The van der Waals surface area contributed by atoms with Gasteiger partial charge in [-0.3, -0.25) is 0 Å². The van der Waals surface area contributed by atoms with Gasteiger partial charge < -0.3 is 20.3 Å². The first-order valence-electron chi connectivity index (χ1n) is 6.10. The second-order valence-corrected chi connectivity index (χ2v) is 4.71. The standard InChI is InChI=1S/C15H14ClNO4/c1-20-13-6-5-10(16)7-9(13)8-21-14-11(15(18)19)3-2-4-12(14)17/h2-7H,8,17H2,1H3,(H,18,19). The number of para-hydroxylation sites is 1. The molecule has 0 spiro atoms. The van der Waals surface area contributed by atoms with E-state index >= 15 is 0 Å². The molecule has 0 aliphatic rings. The molecule has 0 aliphatic heterocycles. The number of hydrogen-bond acceptors (Lipinski definition) is 4. The lowest BCUT2D eigenvalue weighted by atomic mass is 10.1. The lowest BCUT2D eigenvalue weighted by Gasteiger charge is -2.13. The Morgan fingerprint density at radius 1 is 1.33 bits per heavy atom. The number of carboxylic acids is 1. The van der Waals surface area contributed by atoms with Crippen LogP contribution in [0.1, 0.15) is 15.9 Å². The van der Waals surface area contributed by atoms with Gasteiger partial charge in [0, 0.05) is 10.6 Å². The number of methoxy groups -OCH3 is 1. The minimum atomic E-state index is -1.10. The molecule has 5 nitrogen and oxygen atoms in total.